The largest absolute Gasteiger partial charge is 0.394 e. The van der Waals surface area contributed by atoms with Crippen molar-refractivity contribution in [3.05, 3.63) is 60.8 Å². The van der Waals surface area contributed by atoms with Gasteiger partial charge in [0.15, 0.2) is 12.6 Å². The van der Waals surface area contributed by atoms with Crippen molar-refractivity contribution in [2.24, 2.45) is 0 Å². The summed E-state index contributed by atoms with van der Waals surface area (Å²) in [5.74, 6) is -0.272. The van der Waals surface area contributed by atoms with E-state index in [9.17, 15) is 45.6 Å². The number of rotatable bonds is 36. The molecule has 2 heterocycles. The molecule has 12 atom stereocenters. The SMILES string of the molecule is CCC/C=C\C/C=C\CCCCCCCC(=O)NC(COC1OC(CO)C(OC2OC(CO)C(O)C(O)C2O)C(O)C1O)C(O)/C=C/CC/C=C/CC/C=C/CCCCCCCCC. The van der Waals surface area contributed by atoms with E-state index in [1.54, 1.807) is 6.08 Å². The highest BCUT2D eigenvalue weighted by molar-refractivity contribution is 5.76. The minimum atomic E-state index is -1.79. The third-order valence-electron chi connectivity index (χ3n) is 11.6. The molecule has 0 saturated carbocycles. The first-order valence-corrected chi connectivity index (χ1v) is 24.5. The minimum absolute atomic E-state index is 0.251. The molecule has 0 aromatic carbocycles. The molecular weight excluding hydrogens is 823 g/mol. The molecule has 0 aromatic rings. The maximum atomic E-state index is 13.1. The van der Waals surface area contributed by atoms with Crippen LogP contribution in [0.2, 0.25) is 0 Å². The second kappa shape index (κ2) is 36.8. The molecular formula is C50H87NO13. The Bertz CT molecular complexity index is 1310. The molecule has 0 aromatic heterocycles. The first-order valence-electron chi connectivity index (χ1n) is 24.5. The van der Waals surface area contributed by atoms with Crippen molar-refractivity contribution in [2.45, 2.75) is 229 Å². The number of hydrogen-bond donors (Lipinski definition) is 9. The van der Waals surface area contributed by atoms with Gasteiger partial charge < -0.3 is 65.1 Å². The van der Waals surface area contributed by atoms with E-state index < -0.39 is 86.8 Å². The predicted molar refractivity (Wildman–Crippen MR) is 249 cm³/mol. The zero-order valence-corrected chi connectivity index (χ0v) is 39.0. The molecule has 2 aliphatic rings. The second-order valence-corrected chi connectivity index (χ2v) is 17.2. The van der Waals surface area contributed by atoms with E-state index in [-0.39, 0.29) is 18.9 Å². The van der Waals surface area contributed by atoms with Crippen molar-refractivity contribution >= 4 is 5.91 Å². The standard InChI is InChI=1S/C50H87NO13/c1-3-5-7-9-11-13-15-17-18-19-20-22-23-25-27-29-31-33-39(54)38(51-42(55)34-32-30-28-26-24-21-16-14-12-10-8-6-4-2)37-61-49-47(60)45(58)48(41(36-53)63-49)64-50-46(59)44(57)43(56)40(35-52)62-50/h8,10,14,16,18-19,23,25,31,33,38-41,43-50,52-54,56-60H,3-7,9,11-13,15,17,20-22,24,26-30,32,34-37H2,1-2H3,(H,51,55)/b10-8-,16-14-,19-18+,25-23+,33-31+. The van der Waals surface area contributed by atoms with Gasteiger partial charge in [0.25, 0.3) is 0 Å². The van der Waals surface area contributed by atoms with Crippen molar-refractivity contribution in [1.29, 1.82) is 0 Å². The molecule has 0 aliphatic carbocycles. The van der Waals surface area contributed by atoms with Gasteiger partial charge >= 0.3 is 0 Å². The molecule has 64 heavy (non-hydrogen) atoms. The number of aliphatic hydroxyl groups excluding tert-OH is 8. The van der Waals surface area contributed by atoms with Crippen LogP contribution >= 0.6 is 0 Å². The van der Waals surface area contributed by atoms with Crippen molar-refractivity contribution in [1.82, 2.24) is 5.32 Å². The third kappa shape index (κ3) is 23.9. The Morgan fingerprint density at radius 3 is 1.69 bits per heavy atom. The zero-order chi connectivity index (χ0) is 46.8. The molecule has 9 N–H and O–H groups in total. The maximum absolute atomic E-state index is 13.1. The van der Waals surface area contributed by atoms with Gasteiger partial charge in [-0.05, 0) is 70.6 Å². The number of carbonyl (C=O) groups is 1. The highest BCUT2D eigenvalue weighted by Gasteiger charge is 2.51. The van der Waals surface area contributed by atoms with Gasteiger partial charge in [0.2, 0.25) is 5.91 Å². The summed E-state index contributed by atoms with van der Waals surface area (Å²) < 4.78 is 22.6. The summed E-state index contributed by atoms with van der Waals surface area (Å²) in [6, 6.07) is -0.945. The molecule has 14 nitrogen and oxygen atoms in total. The molecule has 1 amide bonds. The molecule has 12 unspecified atom stereocenters. The normalized spacial score (nSPS) is 27.8. The van der Waals surface area contributed by atoms with Crippen LogP contribution in [0.3, 0.4) is 0 Å². The Hall–Kier alpha value is -2.31. The summed E-state index contributed by atoms with van der Waals surface area (Å²) in [5, 5.41) is 86.6. The minimum Gasteiger partial charge on any atom is -0.394 e. The van der Waals surface area contributed by atoms with Crippen molar-refractivity contribution in [3.63, 3.8) is 0 Å². The zero-order valence-electron chi connectivity index (χ0n) is 39.0. The topological polar surface area (TPSA) is 228 Å². The highest BCUT2D eigenvalue weighted by Crippen LogP contribution is 2.30. The van der Waals surface area contributed by atoms with E-state index in [0.717, 1.165) is 77.0 Å². The molecule has 14 heteroatoms. The number of hydrogen-bond acceptors (Lipinski definition) is 13. The van der Waals surface area contributed by atoms with E-state index in [2.05, 4.69) is 67.8 Å². The van der Waals surface area contributed by atoms with Gasteiger partial charge in [0, 0.05) is 6.42 Å². The summed E-state index contributed by atoms with van der Waals surface area (Å²) in [6.45, 7) is 2.65. The van der Waals surface area contributed by atoms with E-state index in [0.29, 0.717) is 12.8 Å². The number of nitrogens with one attached hydrogen (secondary N) is 1. The third-order valence-corrected chi connectivity index (χ3v) is 11.6. The molecule has 2 rings (SSSR count). The molecule has 2 saturated heterocycles. The Balaban J connectivity index is 1.91. The van der Waals surface area contributed by atoms with Crippen LogP contribution in [0, 0.1) is 0 Å². The van der Waals surface area contributed by atoms with Gasteiger partial charge in [-0.2, -0.15) is 0 Å². The number of aliphatic hydroxyl groups is 8. The van der Waals surface area contributed by atoms with Crippen LogP contribution in [0.25, 0.3) is 0 Å². The van der Waals surface area contributed by atoms with E-state index >= 15 is 0 Å². The average Bonchev–Trinajstić information content (AvgIpc) is 3.29. The lowest BCUT2D eigenvalue weighted by Crippen LogP contribution is -2.65. The van der Waals surface area contributed by atoms with Crippen molar-refractivity contribution in [2.75, 3.05) is 19.8 Å². The number of amides is 1. The molecule has 2 fully saturated rings. The van der Waals surface area contributed by atoms with E-state index in [1.165, 1.54) is 44.9 Å². The number of unbranched alkanes of at least 4 members (excludes halogenated alkanes) is 15. The molecule has 0 bridgehead atoms. The van der Waals surface area contributed by atoms with Gasteiger partial charge in [-0.15, -0.1) is 0 Å². The van der Waals surface area contributed by atoms with Crippen LogP contribution in [0.5, 0.6) is 0 Å². The first kappa shape index (κ1) is 57.8. The van der Waals surface area contributed by atoms with Crippen LogP contribution in [-0.4, -0.2) is 140 Å². The lowest BCUT2D eigenvalue weighted by atomic mass is 9.97. The quantitative estimate of drug-likeness (QED) is 0.0265. The molecule has 2 aliphatic heterocycles. The lowest BCUT2D eigenvalue weighted by molar-refractivity contribution is -0.359. The Labute approximate surface area is 384 Å². The molecule has 370 valence electrons. The molecule has 0 spiro atoms. The van der Waals surface area contributed by atoms with Gasteiger partial charge in [-0.3, -0.25) is 4.79 Å². The van der Waals surface area contributed by atoms with Gasteiger partial charge in [-0.25, -0.2) is 0 Å². The Kier molecular flexibility index (Phi) is 33.2. The summed E-state index contributed by atoms with van der Waals surface area (Å²) in [4.78, 5) is 13.1. The fourth-order valence-corrected chi connectivity index (χ4v) is 7.59. The fraction of sp³-hybridized carbons (Fsp3) is 0.780. The highest BCUT2D eigenvalue weighted by atomic mass is 16.7. The number of allylic oxidation sites excluding steroid dienone is 9. The van der Waals surface area contributed by atoms with Crippen LogP contribution in [-0.2, 0) is 23.7 Å². The van der Waals surface area contributed by atoms with Crippen LogP contribution in [0.4, 0.5) is 0 Å². The summed E-state index contributed by atoms with van der Waals surface area (Å²) in [5.41, 5.74) is 0. The summed E-state index contributed by atoms with van der Waals surface area (Å²) >= 11 is 0. The first-order chi connectivity index (χ1) is 31.1. The van der Waals surface area contributed by atoms with E-state index in [1.807, 2.05) is 6.08 Å². The predicted octanol–water partition coefficient (Wildman–Crippen LogP) is 5.88. The van der Waals surface area contributed by atoms with Gasteiger partial charge in [0.1, 0.15) is 48.8 Å². The Morgan fingerprint density at radius 2 is 1.08 bits per heavy atom. The van der Waals surface area contributed by atoms with Gasteiger partial charge in [-0.1, -0.05) is 139 Å². The van der Waals surface area contributed by atoms with Gasteiger partial charge in [0.05, 0.1) is 32.0 Å². The van der Waals surface area contributed by atoms with E-state index in [4.69, 9.17) is 18.9 Å². The van der Waals surface area contributed by atoms with Crippen LogP contribution < -0.4 is 5.32 Å². The van der Waals surface area contributed by atoms with Crippen LogP contribution in [0.1, 0.15) is 155 Å². The summed E-state index contributed by atoms with van der Waals surface area (Å²) in [7, 11) is 0. The maximum Gasteiger partial charge on any atom is 0.220 e. The average molecular weight is 910 g/mol. The van der Waals surface area contributed by atoms with Crippen molar-refractivity contribution < 1.29 is 64.6 Å². The Morgan fingerprint density at radius 1 is 0.562 bits per heavy atom. The number of carbonyl (C=O) groups excluding carboxylic acids is 1. The van der Waals surface area contributed by atoms with Crippen LogP contribution in [0.15, 0.2) is 60.8 Å². The smallest absolute Gasteiger partial charge is 0.220 e. The molecule has 0 radical (unpaired) electrons. The fourth-order valence-electron chi connectivity index (χ4n) is 7.59. The second-order valence-electron chi connectivity index (χ2n) is 17.2. The van der Waals surface area contributed by atoms with Crippen molar-refractivity contribution in [3.8, 4) is 0 Å². The monoisotopic (exact) mass is 910 g/mol. The lowest BCUT2D eigenvalue weighted by Gasteiger charge is -2.46. The number of ether oxygens (including phenoxy) is 4. The summed E-state index contributed by atoms with van der Waals surface area (Å²) in [6.07, 6.45) is 26.9.